The van der Waals surface area contributed by atoms with Crippen LogP contribution in [-0.4, -0.2) is 26.8 Å². The Bertz CT molecular complexity index is 1220. The number of nitrogens with one attached hydrogen (secondary N) is 1. The van der Waals surface area contributed by atoms with Crippen molar-refractivity contribution in [3.63, 3.8) is 0 Å². The molecule has 0 unspecified atom stereocenters. The summed E-state index contributed by atoms with van der Waals surface area (Å²) in [5, 5.41) is 7.32. The minimum Gasteiger partial charge on any atom is -0.444 e. The molecule has 0 aliphatic carbocycles. The molecular weight excluding hydrogens is 464 g/mol. The van der Waals surface area contributed by atoms with Gasteiger partial charge >= 0.3 is 6.09 Å². The third-order valence-electron chi connectivity index (χ3n) is 4.85. The summed E-state index contributed by atoms with van der Waals surface area (Å²) in [5.74, 6) is 1.80. The van der Waals surface area contributed by atoms with E-state index < -0.39 is 17.2 Å². The van der Waals surface area contributed by atoms with Gasteiger partial charge in [-0.15, -0.1) is 0 Å². The van der Waals surface area contributed by atoms with Crippen LogP contribution in [0.4, 0.5) is 4.79 Å². The molecule has 2 aromatic heterocycles. The standard InChI is InChI=1S/C26H28N4O4S/c1-25(2,3)33-23(31)29-26(4,5)22-27-19(34-30-22)16-35-24-28-20(17-12-8-6-9-13-17)21(32-24)18-14-10-7-11-15-18/h6-15H,16H2,1-5H3,(H,29,31). The Morgan fingerprint density at radius 2 is 1.57 bits per heavy atom. The average Bonchev–Trinajstić information content (AvgIpc) is 3.45. The summed E-state index contributed by atoms with van der Waals surface area (Å²) in [6.45, 7) is 8.98. The first-order chi connectivity index (χ1) is 16.6. The van der Waals surface area contributed by atoms with Crippen LogP contribution in [0.25, 0.3) is 22.6 Å². The molecule has 9 heteroatoms. The van der Waals surface area contributed by atoms with Crippen LogP contribution in [0.3, 0.4) is 0 Å². The van der Waals surface area contributed by atoms with Gasteiger partial charge in [0.1, 0.15) is 16.8 Å². The van der Waals surface area contributed by atoms with Crippen molar-refractivity contribution in [3.05, 3.63) is 72.4 Å². The van der Waals surface area contributed by atoms with Crippen molar-refractivity contribution in [1.82, 2.24) is 20.4 Å². The first kappa shape index (κ1) is 24.5. The second-order valence-corrected chi connectivity index (χ2v) is 10.4. The number of nitrogens with zero attached hydrogens (tertiary/aromatic N) is 3. The third kappa shape index (κ3) is 6.30. The van der Waals surface area contributed by atoms with Gasteiger partial charge in [0, 0.05) is 11.1 Å². The lowest BCUT2D eigenvalue weighted by Crippen LogP contribution is -2.44. The number of amides is 1. The minimum absolute atomic E-state index is 0.348. The largest absolute Gasteiger partial charge is 0.444 e. The van der Waals surface area contributed by atoms with Crippen molar-refractivity contribution in [1.29, 1.82) is 0 Å². The number of hydrogen-bond donors (Lipinski definition) is 1. The highest BCUT2D eigenvalue weighted by atomic mass is 32.2. The molecule has 2 aromatic carbocycles. The first-order valence-electron chi connectivity index (χ1n) is 11.2. The van der Waals surface area contributed by atoms with E-state index in [2.05, 4.69) is 15.5 Å². The van der Waals surface area contributed by atoms with Crippen molar-refractivity contribution < 1.29 is 18.5 Å². The quantitative estimate of drug-likeness (QED) is 0.294. The van der Waals surface area contributed by atoms with Crippen LogP contribution in [0, 0.1) is 0 Å². The number of rotatable bonds is 7. The van der Waals surface area contributed by atoms with Crippen LogP contribution in [0.15, 0.2) is 74.8 Å². The Kier molecular flexibility index (Phi) is 6.98. The zero-order chi connectivity index (χ0) is 25.1. The van der Waals surface area contributed by atoms with Crippen molar-refractivity contribution in [2.45, 2.75) is 56.7 Å². The van der Waals surface area contributed by atoms with Gasteiger partial charge in [0.15, 0.2) is 11.6 Å². The van der Waals surface area contributed by atoms with Gasteiger partial charge in [-0.1, -0.05) is 77.6 Å². The second-order valence-electron chi connectivity index (χ2n) is 9.44. The molecule has 0 bridgehead atoms. The third-order valence-corrected chi connectivity index (χ3v) is 5.66. The predicted octanol–water partition coefficient (Wildman–Crippen LogP) is 6.44. The maximum Gasteiger partial charge on any atom is 0.408 e. The van der Waals surface area contributed by atoms with Gasteiger partial charge in [0.25, 0.3) is 5.22 Å². The molecule has 1 N–H and O–H groups in total. The lowest BCUT2D eigenvalue weighted by Gasteiger charge is -2.26. The number of benzene rings is 2. The fourth-order valence-electron chi connectivity index (χ4n) is 3.24. The molecule has 4 aromatic rings. The first-order valence-corrected chi connectivity index (χ1v) is 12.2. The van der Waals surface area contributed by atoms with Crippen molar-refractivity contribution in [2.24, 2.45) is 0 Å². The maximum absolute atomic E-state index is 12.2. The van der Waals surface area contributed by atoms with Crippen LogP contribution in [0.5, 0.6) is 0 Å². The van der Waals surface area contributed by atoms with E-state index in [0.29, 0.717) is 28.5 Å². The lowest BCUT2D eigenvalue weighted by atomic mass is 10.1. The summed E-state index contributed by atoms with van der Waals surface area (Å²) in [6, 6.07) is 19.8. The minimum atomic E-state index is -0.876. The van der Waals surface area contributed by atoms with Gasteiger partial charge in [0.2, 0.25) is 5.89 Å². The SMILES string of the molecule is CC(C)(C)OC(=O)NC(C)(C)c1noc(CSc2nc(-c3ccccc3)c(-c3ccccc3)o2)n1. The highest BCUT2D eigenvalue weighted by molar-refractivity contribution is 7.98. The molecule has 0 saturated heterocycles. The van der Waals surface area contributed by atoms with E-state index in [0.717, 1.165) is 16.8 Å². The molecule has 0 spiro atoms. The van der Waals surface area contributed by atoms with Crippen molar-refractivity contribution in [3.8, 4) is 22.6 Å². The molecule has 0 saturated carbocycles. The second kappa shape index (κ2) is 9.95. The van der Waals surface area contributed by atoms with E-state index in [-0.39, 0.29) is 0 Å². The maximum atomic E-state index is 12.2. The van der Waals surface area contributed by atoms with Crippen molar-refractivity contribution >= 4 is 17.9 Å². The summed E-state index contributed by atoms with van der Waals surface area (Å²) in [5.41, 5.74) is 1.21. The monoisotopic (exact) mass is 492 g/mol. The Morgan fingerprint density at radius 3 is 2.20 bits per heavy atom. The molecule has 0 atom stereocenters. The number of aromatic nitrogens is 3. The van der Waals surface area contributed by atoms with E-state index in [1.807, 2.05) is 60.7 Å². The Labute approximate surface area is 208 Å². The van der Waals surface area contributed by atoms with E-state index in [1.165, 1.54) is 11.8 Å². The van der Waals surface area contributed by atoms with Gasteiger partial charge in [-0.25, -0.2) is 9.78 Å². The highest BCUT2D eigenvalue weighted by Crippen LogP contribution is 2.36. The Morgan fingerprint density at radius 1 is 0.943 bits per heavy atom. The summed E-state index contributed by atoms with van der Waals surface area (Å²) in [4.78, 5) is 21.4. The van der Waals surface area contributed by atoms with Gasteiger partial charge in [-0.05, 0) is 34.6 Å². The molecule has 4 rings (SSSR count). The highest BCUT2D eigenvalue weighted by Gasteiger charge is 2.31. The zero-order valence-corrected chi connectivity index (χ0v) is 21.2. The zero-order valence-electron chi connectivity index (χ0n) is 20.4. The van der Waals surface area contributed by atoms with Crippen LogP contribution in [0.1, 0.15) is 46.3 Å². The molecule has 0 aliphatic rings. The Balaban J connectivity index is 1.49. The molecule has 0 aliphatic heterocycles. The smallest absolute Gasteiger partial charge is 0.408 e. The molecule has 1 amide bonds. The number of thioether (sulfide) groups is 1. The lowest BCUT2D eigenvalue weighted by molar-refractivity contribution is 0.0465. The summed E-state index contributed by atoms with van der Waals surface area (Å²) in [6.07, 6.45) is -0.551. The predicted molar refractivity (Wildman–Crippen MR) is 134 cm³/mol. The van der Waals surface area contributed by atoms with Crippen LogP contribution in [-0.2, 0) is 16.0 Å². The van der Waals surface area contributed by atoms with E-state index >= 15 is 0 Å². The van der Waals surface area contributed by atoms with Crippen LogP contribution in [0.2, 0.25) is 0 Å². The van der Waals surface area contributed by atoms with Gasteiger partial charge < -0.3 is 19.0 Å². The number of carbonyl (C=O) groups is 1. The molecule has 0 radical (unpaired) electrons. The summed E-state index contributed by atoms with van der Waals surface area (Å²) < 4.78 is 16.9. The van der Waals surface area contributed by atoms with E-state index in [9.17, 15) is 4.79 Å². The molecule has 0 fully saturated rings. The number of carbonyl (C=O) groups excluding carboxylic acids is 1. The van der Waals surface area contributed by atoms with Crippen LogP contribution < -0.4 is 5.32 Å². The van der Waals surface area contributed by atoms with Crippen LogP contribution >= 0.6 is 11.8 Å². The molecule has 8 nitrogen and oxygen atoms in total. The van der Waals surface area contributed by atoms with E-state index in [4.69, 9.17) is 18.7 Å². The van der Waals surface area contributed by atoms with Gasteiger partial charge in [-0.3, -0.25) is 0 Å². The Hall–Kier alpha value is -3.59. The number of alkyl carbamates (subject to hydrolysis) is 1. The molecular formula is C26H28N4O4S. The topological polar surface area (TPSA) is 103 Å². The fourth-order valence-corrected chi connectivity index (χ4v) is 3.91. The summed E-state index contributed by atoms with van der Waals surface area (Å²) >= 11 is 1.36. The number of oxazole rings is 1. The number of ether oxygens (including phenoxy) is 1. The fraction of sp³-hybridized carbons (Fsp3) is 0.308. The molecule has 182 valence electrons. The average molecular weight is 493 g/mol. The van der Waals surface area contributed by atoms with Crippen molar-refractivity contribution in [2.75, 3.05) is 0 Å². The van der Waals surface area contributed by atoms with E-state index in [1.54, 1.807) is 34.6 Å². The summed E-state index contributed by atoms with van der Waals surface area (Å²) in [7, 11) is 0. The molecule has 35 heavy (non-hydrogen) atoms. The normalized spacial score (nSPS) is 11.9. The molecule has 2 heterocycles. The van der Waals surface area contributed by atoms with Gasteiger partial charge in [0.05, 0.1) is 5.75 Å². The van der Waals surface area contributed by atoms with Gasteiger partial charge in [-0.2, -0.15) is 4.98 Å². The number of hydrogen-bond acceptors (Lipinski definition) is 8.